The number of carbonyl (C=O) groups is 1. The summed E-state index contributed by atoms with van der Waals surface area (Å²) in [6, 6.07) is 1.83. The molecular weight excluding hydrogens is 538 g/mol. The number of hydrogen-bond acceptors (Lipinski definition) is 12. The summed E-state index contributed by atoms with van der Waals surface area (Å²) >= 11 is 0. The maximum Gasteiger partial charge on any atom is 0.419 e. The SMILES string of the molecule is CC1=Cc2ncc3c(c2C1)OCCO3.Cc1cc2ncc3c(c2n1C(=O)OC(C)(C)C)OCCO3.O=C=O.O=C=O. The smallest absolute Gasteiger partial charge is 0.419 e. The quantitative estimate of drug-likeness (QED) is 0.389. The molecule has 0 N–H and O–H groups in total. The van der Waals surface area contributed by atoms with Crippen molar-refractivity contribution >= 4 is 35.5 Å². The van der Waals surface area contributed by atoms with Crippen LogP contribution < -0.4 is 18.9 Å². The molecule has 13 nitrogen and oxygen atoms in total. The average molecular weight is 568 g/mol. The maximum absolute atomic E-state index is 12.5. The van der Waals surface area contributed by atoms with Gasteiger partial charge < -0.3 is 23.7 Å². The van der Waals surface area contributed by atoms with E-state index in [4.69, 9.17) is 42.9 Å². The third kappa shape index (κ3) is 7.36. The molecule has 0 atom stereocenters. The highest BCUT2D eigenvalue weighted by Crippen LogP contribution is 2.40. The monoisotopic (exact) mass is 567 g/mol. The van der Waals surface area contributed by atoms with E-state index >= 15 is 0 Å². The van der Waals surface area contributed by atoms with E-state index in [2.05, 4.69) is 23.0 Å². The van der Waals surface area contributed by atoms with Crippen LogP contribution in [0.3, 0.4) is 0 Å². The highest BCUT2D eigenvalue weighted by atomic mass is 16.6. The molecule has 0 amide bonds. The zero-order valence-corrected chi connectivity index (χ0v) is 23.3. The Morgan fingerprint density at radius 3 is 2.02 bits per heavy atom. The van der Waals surface area contributed by atoms with Crippen molar-refractivity contribution in [3.05, 3.63) is 41.0 Å². The highest BCUT2D eigenvalue weighted by molar-refractivity contribution is 5.94. The normalized spacial score (nSPS) is 13.7. The standard InChI is InChI=1S/C15H18N2O4.C11H11NO2.2CO2/c1-9-7-10-12(17(9)14(18)21-15(2,3)4)13-11(8-16-10)19-5-6-20-13;1-7-4-8-9(5-7)12-6-10-11(8)14-3-2-13-10;2*2-1-3/h7-8H,5-6H2,1-4H3;5-6H,2-4H2,1H3;;. The highest BCUT2D eigenvalue weighted by Gasteiger charge is 2.26. The van der Waals surface area contributed by atoms with E-state index in [1.54, 1.807) is 12.4 Å². The number of allylic oxidation sites excluding steroid dienone is 1. The lowest BCUT2D eigenvalue weighted by Gasteiger charge is -2.22. The summed E-state index contributed by atoms with van der Waals surface area (Å²) in [5, 5.41) is 0. The van der Waals surface area contributed by atoms with E-state index in [9.17, 15) is 4.79 Å². The molecule has 0 saturated heterocycles. The van der Waals surface area contributed by atoms with Gasteiger partial charge in [0, 0.05) is 11.3 Å². The minimum atomic E-state index is -0.570. The van der Waals surface area contributed by atoms with Crippen LogP contribution in [0.25, 0.3) is 17.1 Å². The van der Waals surface area contributed by atoms with Crippen LogP contribution in [0.4, 0.5) is 4.79 Å². The van der Waals surface area contributed by atoms with Gasteiger partial charge in [-0.25, -0.2) is 9.36 Å². The van der Waals surface area contributed by atoms with Crippen molar-refractivity contribution in [2.45, 2.75) is 46.6 Å². The van der Waals surface area contributed by atoms with Crippen LogP contribution in [0.2, 0.25) is 0 Å². The van der Waals surface area contributed by atoms with Crippen molar-refractivity contribution in [3.8, 4) is 23.0 Å². The largest absolute Gasteiger partial charge is 0.486 e. The summed E-state index contributed by atoms with van der Waals surface area (Å²) in [5.41, 5.74) is 5.00. The lowest BCUT2D eigenvalue weighted by Crippen LogP contribution is -2.28. The summed E-state index contributed by atoms with van der Waals surface area (Å²) in [6.07, 6.45) is 6.47. The average Bonchev–Trinajstić information content (AvgIpc) is 3.48. The van der Waals surface area contributed by atoms with Gasteiger partial charge in [0.15, 0.2) is 23.0 Å². The molecule has 13 heteroatoms. The first-order valence-corrected chi connectivity index (χ1v) is 12.5. The van der Waals surface area contributed by atoms with Gasteiger partial charge in [0.05, 0.1) is 23.6 Å². The van der Waals surface area contributed by atoms with E-state index in [0.29, 0.717) is 49.0 Å². The molecule has 0 aromatic carbocycles. The zero-order valence-electron chi connectivity index (χ0n) is 23.3. The molecule has 0 bridgehead atoms. The number of aryl methyl sites for hydroxylation is 1. The summed E-state index contributed by atoms with van der Waals surface area (Å²) in [6.45, 7) is 11.6. The van der Waals surface area contributed by atoms with E-state index in [1.165, 1.54) is 15.7 Å². The molecule has 0 spiro atoms. The molecule has 0 saturated carbocycles. The number of hydrogen-bond donors (Lipinski definition) is 0. The summed E-state index contributed by atoms with van der Waals surface area (Å²) in [5.74, 6) is 2.79. The fourth-order valence-electron chi connectivity index (χ4n) is 4.27. The Balaban J connectivity index is 0.000000199. The molecule has 3 aromatic heterocycles. The molecule has 2 aliphatic heterocycles. The van der Waals surface area contributed by atoms with Crippen LogP contribution in [0.5, 0.6) is 23.0 Å². The molecule has 3 aliphatic rings. The Bertz CT molecular complexity index is 1510. The van der Waals surface area contributed by atoms with Crippen molar-refractivity contribution in [1.29, 1.82) is 0 Å². The minimum absolute atomic E-state index is 0.250. The first kappa shape index (κ1) is 30.6. The summed E-state index contributed by atoms with van der Waals surface area (Å²) in [7, 11) is 0. The van der Waals surface area contributed by atoms with E-state index in [-0.39, 0.29) is 12.3 Å². The molecular formula is C28H29N3O10. The Labute approximate surface area is 235 Å². The van der Waals surface area contributed by atoms with Gasteiger partial charge in [-0.05, 0) is 53.2 Å². The lowest BCUT2D eigenvalue weighted by atomic mass is 10.1. The van der Waals surface area contributed by atoms with Crippen LogP contribution in [-0.2, 0) is 30.3 Å². The van der Waals surface area contributed by atoms with Crippen LogP contribution in [0.1, 0.15) is 44.6 Å². The first-order valence-electron chi connectivity index (χ1n) is 12.5. The number of fused-ring (bicyclic) bond motifs is 6. The Morgan fingerprint density at radius 2 is 1.41 bits per heavy atom. The predicted molar refractivity (Wildman–Crippen MR) is 140 cm³/mol. The topological polar surface area (TPSA) is 162 Å². The van der Waals surface area contributed by atoms with E-state index < -0.39 is 11.7 Å². The molecule has 6 rings (SSSR count). The van der Waals surface area contributed by atoms with Gasteiger partial charge in [0.1, 0.15) is 37.5 Å². The number of aromatic nitrogens is 3. The molecule has 1 aliphatic carbocycles. The van der Waals surface area contributed by atoms with Gasteiger partial charge in [0.25, 0.3) is 0 Å². The molecule has 3 aromatic rings. The molecule has 5 heterocycles. The molecule has 41 heavy (non-hydrogen) atoms. The van der Waals surface area contributed by atoms with Crippen LogP contribution in [0.15, 0.2) is 24.0 Å². The van der Waals surface area contributed by atoms with Crippen LogP contribution >= 0.6 is 0 Å². The second kappa shape index (κ2) is 13.4. The van der Waals surface area contributed by atoms with Crippen molar-refractivity contribution < 1.29 is 47.7 Å². The summed E-state index contributed by atoms with van der Waals surface area (Å²) < 4.78 is 29.2. The van der Waals surface area contributed by atoms with E-state index in [1.807, 2.05) is 33.8 Å². The number of rotatable bonds is 0. The minimum Gasteiger partial charge on any atom is -0.486 e. The van der Waals surface area contributed by atoms with Crippen molar-refractivity contribution in [2.75, 3.05) is 26.4 Å². The molecule has 0 unspecified atom stereocenters. The maximum atomic E-state index is 12.5. The molecule has 216 valence electrons. The lowest BCUT2D eigenvalue weighted by molar-refractivity contribution is -0.193. The van der Waals surface area contributed by atoms with Gasteiger partial charge in [-0.2, -0.15) is 19.2 Å². The van der Waals surface area contributed by atoms with Gasteiger partial charge >= 0.3 is 18.4 Å². The fourth-order valence-corrected chi connectivity index (χ4v) is 4.27. The second-order valence-electron chi connectivity index (χ2n) is 9.83. The van der Waals surface area contributed by atoms with E-state index in [0.717, 1.165) is 29.3 Å². The van der Waals surface area contributed by atoms with Gasteiger partial charge in [-0.15, -0.1) is 0 Å². The number of pyridine rings is 2. The Kier molecular flexibility index (Phi) is 9.97. The Hall–Kier alpha value is -4.99. The van der Waals surface area contributed by atoms with Crippen molar-refractivity contribution in [3.63, 3.8) is 0 Å². The fraction of sp³-hybridized carbons (Fsp3) is 0.393. The third-order valence-corrected chi connectivity index (χ3v) is 5.64. The number of carbonyl (C=O) groups excluding carboxylic acids is 5. The van der Waals surface area contributed by atoms with Gasteiger partial charge in [-0.3, -0.25) is 9.97 Å². The number of nitrogens with zero attached hydrogens (tertiary/aromatic N) is 3. The number of ether oxygens (including phenoxy) is 5. The van der Waals surface area contributed by atoms with Crippen molar-refractivity contribution in [2.24, 2.45) is 0 Å². The zero-order chi connectivity index (χ0) is 30.2. The molecule has 0 fully saturated rings. The summed E-state index contributed by atoms with van der Waals surface area (Å²) in [4.78, 5) is 53.6. The predicted octanol–water partition coefficient (Wildman–Crippen LogP) is 3.54. The van der Waals surface area contributed by atoms with Crippen molar-refractivity contribution in [1.82, 2.24) is 14.5 Å². The van der Waals surface area contributed by atoms with Crippen LogP contribution in [-0.4, -0.2) is 65.0 Å². The Morgan fingerprint density at radius 1 is 0.878 bits per heavy atom. The first-order chi connectivity index (χ1) is 19.5. The molecule has 0 radical (unpaired) electrons. The third-order valence-electron chi connectivity index (χ3n) is 5.64. The van der Waals surface area contributed by atoms with Gasteiger partial charge in [0.2, 0.25) is 0 Å². The van der Waals surface area contributed by atoms with Crippen LogP contribution in [0, 0.1) is 6.92 Å². The second-order valence-corrected chi connectivity index (χ2v) is 9.83. The van der Waals surface area contributed by atoms with Gasteiger partial charge in [-0.1, -0.05) is 5.57 Å².